The summed E-state index contributed by atoms with van der Waals surface area (Å²) in [5.41, 5.74) is 2.35. The Labute approximate surface area is 112 Å². The summed E-state index contributed by atoms with van der Waals surface area (Å²) in [6, 6.07) is 6.29. The summed E-state index contributed by atoms with van der Waals surface area (Å²) in [7, 11) is 2.00. The molecule has 5 nitrogen and oxygen atoms in total. The van der Waals surface area contributed by atoms with Crippen molar-refractivity contribution in [3.8, 4) is 11.5 Å². The summed E-state index contributed by atoms with van der Waals surface area (Å²) >= 11 is 0. The minimum Gasteiger partial charge on any atom is -0.454 e. The molecule has 1 aliphatic heterocycles. The normalized spacial score (nSPS) is 14.6. The Balaban J connectivity index is 1.67. The predicted molar refractivity (Wildman–Crippen MR) is 71.0 cm³/mol. The first-order valence-electron chi connectivity index (χ1n) is 6.32. The maximum absolute atomic E-state index is 5.39. The number of aryl methyl sites for hydroxylation is 1. The van der Waals surface area contributed by atoms with Crippen LogP contribution in [0, 0.1) is 0 Å². The van der Waals surface area contributed by atoms with E-state index in [1.807, 2.05) is 36.3 Å². The van der Waals surface area contributed by atoms with E-state index >= 15 is 0 Å². The topological polar surface area (TPSA) is 48.3 Å². The molecule has 0 saturated carbocycles. The van der Waals surface area contributed by atoms with Crippen LogP contribution in [0.4, 0.5) is 0 Å². The van der Waals surface area contributed by atoms with Crippen molar-refractivity contribution in [1.29, 1.82) is 0 Å². The molecular weight excluding hydrogens is 242 g/mol. The Morgan fingerprint density at radius 3 is 3.00 bits per heavy atom. The van der Waals surface area contributed by atoms with Gasteiger partial charge in [-0.25, -0.2) is 4.98 Å². The average Bonchev–Trinajstić information content (AvgIpc) is 3.03. The van der Waals surface area contributed by atoms with Crippen molar-refractivity contribution in [2.75, 3.05) is 6.79 Å². The summed E-state index contributed by atoms with van der Waals surface area (Å²) < 4.78 is 12.7. The summed E-state index contributed by atoms with van der Waals surface area (Å²) in [4.78, 5) is 4.11. The molecule has 5 heteroatoms. The van der Waals surface area contributed by atoms with Crippen LogP contribution in [-0.2, 0) is 13.6 Å². The number of rotatable bonds is 4. The van der Waals surface area contributed by atoms with Crippen LogP contribution in [-0.4, -0.2) is 16.3 Å². The van der Waals surface area contributed by atoms with Crippen LogP contribution in [0.5, 0.6) is 11.5 Å². The zero-order valence-electron chi connectivity index (χ0n) is 11.1. The minimum atomic E-state index is 0.240. The number of aromatic nitrogens is 2. The summed E-state index contributed by atoms with van der Waals surface area (Å²) in [5.74, 6) is 1.65. The van der Waals surface area contributed by atoms with E-state index in [1.54, 1.807) is 0 Å². The monoisotopic (exact) mass is 259 g/mol. The van der Waals surface area contributed by atoms with E-state index < -0.39 is 0 Å². The average molecular weight is 259 g/mol. The summed E-state index contributed by atoms with van der Waals surface area (Å²) in [6.07, 6.45) is 3.68. The lowest BCUT2D eigenvalue weighted by atomic mass is 10.1. The molecule has 1 aromatic carbocycles. The first-order chi connectivity index (χ1) is 9.24. The molecule has 19 heavy (non-hydrogen) atoms. The molecule has 0 amide bonds. The second-order valence-corrected chi connectivity index (χ2v) is 4.71. The molecule has 1 atom stereocenters. The lowest BCUT2D eigenvalue weighted by Gasteiger charge is -2.14. The van der Waals surface area contributed by atoms with Gasteiger partial charge in [-0.15, -0.1) is 0 Å². The number of imidazole rings is 1. The van der Waals surface area contributed by atoms with E-state index in [9.17, 15) is 0 Å². The van der Waals surface area contributed by atoms with Gasteiger partial charge in [-0.3, -0.25) is 0 Å². The second-order valence-electron chi connectivity index (χ2n) is 4.71. The van der Waals surface area contributed by atoms with Crippen LogP contribution >= 0.6 is 0 Å². The molecule has 1 N–H and O–H groups in total. The molecule has 0 aliphatic carbocycles. The van der Waals surface area contributed by atoms with E-state index in [0.717, 1.165) is 23.7 Å². The Hall–Kier alpha value is -2.01. The number of benzene rings is 1. The first-order valence-corrected chi connectivity index (χ1v) is 6.32. The highest BCUT2D eigenvalue weighted by Gasteiger charge is 2.15. The lowest BCUT2D eigenvalue weighted by molar-refractivity contribution is 0.174. The van der Waals surface area contributed by atoms with E-state index in [-0.39, 0.29) is 6.04 Å². The van der Waals surface area contributed by atoms with Gasteiger partial charge in [-0.2, -0.15) is 0 Å². The van der Waals surface area contributed by atoms with Crippen LogP contribution in [0.25, 0.3) is 0 Å². The van der Waals surface area contributed by atoms with Crippen LogP contribution in [0.15, 0.2) is 30.7 Å². The van der Waals surface area contributed by atoms with E-state index in [0.29, 0.717) is 6.79 Å². The highest BCUT2D eigenvalue weighted by molar-refractivity contribution is 5.45. The van der Waals surface area contributed by atoms with Gasteiger partial charge in [0.15, 0.2) is 11.5 Å². The third kappa shape index (κ3) is 2.42. The zero-order chi connectivity index (χ0) is 13.2. The first kappa shape index (κ1) is 12.0. The maximum atomic E-state index is 5.39. The lowest BCUT2D eigenvalue weighted by Crippen LogP contribution is -2.19. The van der Waals surface area contributed by atoms with Crippen molar-refractivity contribution in [3.05, 3.63) is 42.0 Å². The van der Waals surface area contributed by atoms with Crippen LogP contribution in [0.3, 0.4) is 0 Å². The maximum Gasteiger partial charge on any atom is 0.231 e. The van der Waals surface area contributed by atoms with Crippen molar-refractivity contribution < 1.29 is 9.47 Å². The van der Waals surface area contributed by atoms with Gasteiger partial charge in [0.2, 0.25) is 6.79 Å². The van der Waals surface area contributed by atoms with Gasteiger partial charge in [-0.1, -0.05) is 6.07 Å². The predicted octanol–water partition coefficient (Wildman–Crippen LogP) is 2.00. The Morgan fingerprint density at radius 2 is 2.21 bits per heavy atom. The number of nitrogens with zero attached hydrogens (tertiary/aromatic N) is 2. The number of hydrogen-bond acceptors (Lipinski definition) is 4. The Kier molecular flexibility index (Phi) is 3.13. The molecule has 100 valence electrons. The fourth-order valence-corrected chi connectivity index (χ4v) is 2.11. The second kappa shape index (κ2) is 4.93. The fourth-order valence-electron chi connectivity index (χ4n) is 2.11. The van der Waals surface area contributed by atoms with Gasteiger partial charge < -0.3 is 19.4 Å². The van der Waals surface area contributed by atoms with E-state index in [2.05, 4.69) is 23.3 Å². The van der Waals surface area contributed by atoms with Crippen molar-refractivity contribution in [3.63, 3.8) is 0 Å². The molecule has 0 spiro atoms. The van der Waals surface area contributed by atoms with Gasteiger partial charge in [0, 0.05) is 25.8 Å². The standard InChI is InChI=1S/C14H17N3O2/c1-10(16-7-12-6-15-8-17(12)2)11-3-4-13-14(5-11)19-9-18-13/h3-6,8,10,16H,7,9H2,1-2H3. The Bertz CT molecular complexity index is 580. The molecule has 1 aromatic heterocycles. The molecule has 0 radical (unpaired) electrons. The van der Waals surface area contributed by atoms with Crippen LogP contribution in [0.1, 0.15) is 24.2 Å². The molecule has 2 heterocycles. The third-order valence-corrected chi connectivity index (χ3v) is 3.40. The van der Waals surface area contributed by atoms with Gasteiger partial charge in [-0.05, 0) is 24.6 Å². The van der Waals surface area contributed by atoms with Crippen LogP contribution < -0.4 is 14.8 Å². The van der Waals surface area contributed by atoms with Crippen molar-refractivity contribution >= 4 is 0 Å². The van der Waals surface area contributed by atoms with Crippen molar-refractivity contribution in [1.82, 2.24) is 14.9 Å². The smallest absolute Gasteiger partial charge is 0.231 e. The highest BCUT2D eigenvalue weighted by atomic mass is 16.7. The van der Waals surface area contributed by atoms with Crippen molar-refractivity contribution in [2.24, 2.45) is 7.05 Å². The van der Waals surface area contributed by atoms with Gasteiger partial charge in [0.1, 0.15) is 0 Å². The molecule has 0 bridgehead atoms. The molecule has 3 rings (SSSR count). The quantitative estimate of drug-likeness (QED) is 0.912. The SMILES string of the molecule is CC(NCc1cncn1C)c1ccc2c(c1)OCO2. The van der Waals surface area contributed by atoms with Crippen LogP contribution in [0.2, 0.25) is 0 Å². The molecule has 1 aliphatic rings. The third-order valence-electron chi connectivity index (χ3n) is 3.40. The Morgan fingerprint density at radius 1 is 1.37 bits per heavy atom. The molecule has 0 fully saturated rings. The number of fused-ring (bicyclic) bond motifs is 1. The number of ether oxygens (including phenoxy) is 2. The van der Waals surface area contributed by atoms with Gasteiger partial charge >= 0.3 is 0 Å². The minimum absolute atomic E-state index is 0.240. The van der Waals surface area contributed by atoms with E-state index in [4.69, 9.17) is 9.47 Å². The largest absolute Gasteiger partial charge is 0.454 e. The summed E-state index contributed by atoms with van der Waals surface area (Å²) in [5, 5.41) is 3.48. The molecular formula is C14H17N3O2. The number of nitrogens with one attached hydrogen (secondary N) is 1. The summed E-state index contributed by atoms with van der Waals surface area (Å²) in [6.45, 7) is 3.23. The van der Waals surface area contributed by atoms with Crippen molar-refractivity contribution in [2.45, 2.75) is 19.5 Å². The molecule has 1 unspecified atom stereocenters. The fraction of sp³-hybridized carbons (Fsp3) is 0.357. The van der Waals surface area contributed by atoms with E-state index in [1.165, 1.54) is 5.56 Å². The van der Waals surface area contributed by atoms with Gasteiger partial charge in [0.05, 0.1) is 12.0 Å². The molecule has 0 saturated heterocycles. The highest BCUT2D eigenvalue weighted by Crippen LogP contribution is 2.34. The zero-order valence-corrected chi connectivity index (χ0v) is 11.1. The number of hydrogen-bond donors (Lipinski definition) is 1. The molecule has 2 aromatic rings. The van der Waals surface area contributed by atoms with Gasteiger partial charge in [0.25, 0.3) is 0 Å².